The number of likely N-dealkylation sites (N-methyl/N-ethyl adjacent to an activating group) is 1. The van der Waals surface area contributed by atoms with Gasteiger partial charge in [-0.05, 0) is 63.6 Å². The van der Waals surface area contributed by atoms with Crippen molar-refractivity contribution in [3.63, 3.8) is 0 Å². The van der Waals surface area contributed by atoms with Gasteiger partial charge in [-0.25, -0.2) is 9.97 Å². The lowest BCUT2D eigenvalue weighted by Crippen LogP contribution is -2.61. The van der Waals surface area contributed by atoms with Crippen molar-refractivity contribution in [3.05, 3.63) is 24.3 Å². The van der Waals surface area contributed by atoms with Crippen LogP contribution in [-0.4, -0.2) is 82.3 Å². The summed E-state index contributed by atoms with van der Waals surface area (Å²) in [5.74, 6) is 0.282. The van der Waals surface area contributed by atoms with Gasteiger partial charge in [-0.2, -0.15) is 0 Å². The van der Waals surface area contributed by atoms with E-state index in [-0.39, 0.29) is 17.4 Å². The number of likely N-dealkylation sites (tertiary alicyclic amines) is 3. The van der Waals surface area contributed by atoms with Crippen molar-refractivity contribution < 1.29 is 9.59 Å². The zero-order chi connectivity index (χ0) is 18.9. The summed E-state index contributed by atoms with van der Waals surface area (Å²) < 4.78 is 0. The molecule has 4 heterocycles. The Labute approximate surface area is 160 Å². The number of piperidine rings is 2. The third kappa shape index (κ3) is 3.45. The molecule has 1 unspecified atom stereocenters. The van der Waals surface area contributed by atoms with E-state index in [9.17, 15) is 9.59 Å². The largest absolute Gasteiger partial charge is 0.341 e. The molecule has 0 N–H and O–H groups in total. The summed E-state index contributed by atoms with van der Waals surface area (Å²) in [7, 11) is 2.10. The minimum atomic E-state index is -0.0411. The van der Waals surface area contributed by atoms with E-state index in [0.717, 1.165) is 58.2 Å². The second kappa shape index (κ2) is 7.54. The summed E-state index contributed by atoms with van der Waals surface area (Å²) in [5.41, 5.74) is 0.446. The van der Waals surface area contributed by atoms with Gasteiger partial charge in [0, 0.05) is 32.4 Å². The van der Waals surface area contributed by atoms with Gasteiger partial charge in [0.1, 0.15) is 12.0 Å². The quantitative estimate of drug-likeness (QED) is 0.786. The first-order valence-corrected chi connectivity index (χ1v) is 10.2. The minimum absolute atomic E-state index is 0.00484. The van der Waals surface area contributed by atoms with Crippen molar-refractivity contribution in [1.82, 2.24) is 24.7 Å². The molecule has 4 rings (SSSR count). The minimum Gasteiger partial charge on any atom is -0.341 e. The SMILES string of the molecule is CN1CCCC2(CCN(C(=O)c3ccncn3)CC2)C1C(=O)N1CCCC1. The van der Waals surface area contributed by atoms with Crippen molar-refractivity contribution in [2.24, 2.45) is 5.41 Å². The number of amides is 2. The Balaban J connectivity index is 1.49. The molecule has 0 aromatic carbocycles. The van der Waals surface area contributed by atoms with Crippen LogP contribution in [0.3, 0.4) is 0 Å². The average Bonchev–Trinajstić information content (AvgIpc) is 3.23. The average molecular weight is 371 g/mol. The first-order chi connectivity index (χ1) is 13.1. The molecule has 0 aliphatic carbocycles. The molecular formula is C20H29N5O2. The molecule has 0 radical (unpaired) electrons. The van der Waals surface area contributed by atoms with Crippen LogP contribution in [0, 0.1) is 5.41 Å². The van der Waals surface area contributed by atoms with E-state index in [1.807, 2.05) is 4.90 Å². The van der Waals surface area contributed by atoms with Crippen molar-refractivity contribution in [1.29, 1.82) is 0 Å². The molecule has 1 atom stereocenters. The van der Waals surface area contributed by atoms with E-state index in [1.165, 1.54) is 6.33 Å². The van der Waals surface area contributed by atoms with Crippen LogP contribution in [0.2, 0.25) is 0 Å². The molecule has 1 spiro atoms. The molecule has 3 aliphatic heterocycles. The molecule has 0 saturated carbocycles. The Hall–Kier alpha value is -2.02. The van der Waals surface area contributed by atoms with E-state index in [2.05, 4.69) is 26.8 Å². The van der Waals surface area contributed by atoms with Crippen LogP contribution >= 0.6 is 0 Å². The van der Waals surface area contributed by atoms with Crippen molar-refractivity contribution >= 4 is 11.8 Å². The summed E-state index contributed by atoms with van der Waals surface area (Å²) in [6.07, 6.45) is 9.24. The number of nitrogens with zero attached hydrogens (tertiary/aromatic N) is 5. The van der Waals surface area contributed by atoms with Gasteiger partial charge in [-0.3, -0.25) is 14.5 Å². The van der Waals surface area contributed by atoms with Crippen LogP contribution in [-0.2, 0) is 4.79 Å². The lowest BCUT2D eigenvalue weighted by Gasteiger charge is -2.52. The zero-order valence-electron chi connectivity index (χ0n) is 16.1. The number of rotatable bonds is 2. The standard InChI is InChI=1S/C20H29N5O2/c1-23-10-4-6-20(17(23)19(27)24-11-2-3-12-24)7-13-25(14-8-20)18(26)16-5-9-21-15-22-16/h5,9,15,17H,2-4,6-8,10-14H2,1H3. The Morgan fingerprint density at radius 1 is 1.00 bits per heavy atom. The molecule has 7 nitrogen and oxygen atoms in total. The van der Waals surface area contributed by atoms with Gasteiger partial charge in [-0.1, -0.05) is 0 Å². The molecule has 3 saturated heterocycles. The topological polar surface area (TPSA) is 69.6 Å². The summed E-state index contributed by atoms with van der Waals surface area (Å²) in [4.78, 5) is 40.2. The van der Waals surface area contributed by atoms with E-state index in [1.54, 1.807) is 12.3 Å². The summed E-state index contributed by atoms with van der Waals surface area (Å²) in [6.45, 7) is 4.17. The molecule has 7 heteroatoms. The Kier molecular flexibility index (Phi) is 5.12. The fourth-order valence-corrected chi connectivity index (χ4v) is 5.23. The Morgan fingerprint density at radius 3 is 2.41 bits per heavy atom. The van der Waals surface area contributed by atoms with Crippen LogP contribution in [0.1, 0.15) is 49.0 Å². The molecule has 1 aromatic rings. The molecule has 3 aliphatic rings. The van der Waals surface area contributed by atoms with E-state index in [0.29, 0.717) is 24.7 Å². The van der Waals surface area contributed by atoms with Crippen LogP contribution < -0.4 is 0 Å². The van der Waals surface area contributed by atoms with Gasteiger partial charge in [0.15, 0.2) is 0 Å². The van der Waals surface area contributed by atoms with E-state index in [4.69, 9.17) is 0 Å². The maximum Gasteiger partial charge on any atom is 0.272 e. The molecule has 146 valence electrons. The number of carbonyl (C=O) groups excluding carboxylic acids is 2. The van der Waals surface area contributed by atoms with Gasteiger partial charge >= 0.3 is 0 Å². The zero-order valence-corrected chi connectivity index (χ0v) is 16.1. The first kappa shape index (κ1) is 18.3. The van der Waals surface area contributed by atoms with E-state index < -0.39 is 0 Å². The number of aromatic nitrogens is 2. The fraction of sp³-hybridized carbons (Fsp3) is 0.700. The van der Waals surface area contributed by atoms with Crippen LogP contribution in [0.4, 0.5) is 0 Å². The highest BCUT2D eigenvalue weighted by atomic mass is 16.2. The summed E-state index contributed by atoms with van der Waals surface area (Å²) >= 11 is 0. The lowest BCUT2D eigenvalue weighted by molar-refractivity contribution is -0.145. The highest BCUT2D eigenvalue weighted by Crippen LogP contribution is 2.45. The van der Waals surface area contributed by atoms with Gasteiger partial charge < -0.3 is 9.80 Å². The van der Waals surface area contributed by atoms with Gasteiger partial charge in [-0.15, -0.1) is 0 Å². The molecule has 3 fully saturated rings. The highest BCUT2D eigenvalue weighted by Gasteiger charge is 2.50. The molecule has 1 aromatic heterocycles. The summed E-state index contributed by atoms with van der Waals surface area (Å²) in [6, 6.07) is 1.63. The van der Waals surface area contributed by atoms with Crippen LogP contribution in [0.25, 0.3) is 0 Å². The summed E-state index contributed by atoms with van der Waals surface area (Å²) in [5, 5.41) is 0. The number of carbonyl (C=O) groups is 2. The maximum absolute atomic E-state index is 13.3. The molecule has 2 amide bonds. The third-order valence-electron chi connectivity index (χ3n) is 6.71. The third-order valence-corrected chi connectivity index (χ3v) is 6.71. The fourth-order valence-electron chi connectivity index (χ4n) is 5.23. The maximum atomic E-state index is 13.3. The van der Waals surface area contributed by atoms with Crippen molar-refractivity contribution in [2.45, 2.75) is 44.6 Å². The predicted molar refractivity (Wildman–Crippen MR) is 101 cm³/mol. The van der Waals surface area contributed by atoms with Gasteiger partial charge in [0.05, 0.1) is 6.04 Å². The lowest BCUT2D eigenvalue weighted by atomic mass is 9.66. The second-order valence-electron chi connectivity index (χ2n) is 8.27. The smallest absolute Gasteiger partial charge is 0.272 e. The second-order valence-corrected chi connectivity index (χ2v) is 8.27. The normalized spacial score (nSPS) is 25.7. The molecular weight excluding hydrogens is 342 g/mol. The predicted octanol–water partition coefficient (Wildman–Crippen LogP) is 1.42. The van der Waals surface area contributed by atoms with Crippen molar-refractivity contribution in [2.75, 3.05) is 39.8 Å². The Morgan fingerprint density at radius 2 is 1.74 bits per heavy atom. The monoisotopic (exact) mass is 371 g/mol. The van der Waals surface area contributed by atoms with Crippen molar-refractivity contribution in [3.8, 4) is 0 Å². The first-order valence-electron chi connectivity index (χ1n) is 10.2. The van der Waals surface area contributed by atoms with Gasteiger partial charge in [0.25, 0.3) is 5.91 Å². The van der Waals surface area contributed by atoms with Crippen LogP contribution in [0.5, 0.6) is 0 Å². The molecule has 27 heavy (non-hydrogen) atoms. The molecule has 0 bridgehead atoms. The number of hydrogen-bond acceptors (Lipinski definition) is 5. The van der Waals surface area contributed by atoms with Gasteiger partial charge in [0.2, 0.25) is 5.91 Å². The van der Waals surface area contributed by atoms with E-state index >= 15 is 0 Å². The number of hydrogen-bond donors (Lipinski definition) is 0. The van der Waals surface area contributed by atoms with Crippen LogP contribution in [0.15, 0.2) is 18.6 Å². The highest BCUT2D eigenvalue weighted by molar-refractivity contribution is 5.92. The Bertz CT molecular complexity index is 681.